The molecule has 2 rings (SSSR count). The number of terminal acetylenes is 1. The van der Waals surface area contributed by atoms with Crippen LogP contribution >= 0.6 is 11.8 Å². The summed E-state index contributed by atoms with van der Waals surface area (Å²) in [6.07, 6.45) is 4.03. The minimum Gasteiger partial charge on any atom is -0.348 e. The van der Waals surface area contributed by atoms with Gasteiger partial charge in [-0.25, -0.2) is 17.8 Å². The highest BCUT2D eigenvalue weighted by atomic mass is 32.2. The number of aromatic nitrogens is 1. The zero-order chi connectivity index (χ0) is 24.8. The number of halogens is 4. The van der Waals surface area contributed by atoms with Crippen molar-refractivity contribution < 1.29 is 30.8 Å². The first kappa shape index (κ1) is 26.2. The van der Waals surface area contributed by atoms with Crippen LogP contribution in [0.3, 0.4) is 0 Å². The Kier molecular flexibility index (Phi) is 8.51. The standard InChI is InChI=1S/C21H19F4N3O3S2/c1-4-14-10-13(11-16(22)19(14)28-33(3,30)31)12-26-18(29)9-7-15-6-8-17(21(23,24)25)27-20(15)32-5-2/h1,6-11,28H,5,12H2,2-3H3,(H,26,29). The number of carbonyl (C=O) groups excluding carboxylic acids is 1. The Balaban J connectivity index is 2.15. The molecule has 0 saturated heterocycles. The van der Waals surface area contributed by atoms with Crippen LogP contribution in [0.2, 0.25) is 0 Å². The summed E-state index contributed by atoms with van der Waals surface area (Å²) >= 11 is 1.10. The number of sulfonamides is 1. The molecular formula is C21H19F4N3O3S2. The third-order valence-electron chi connectivity index (χ3n) is 3.94. The Morgan fingerprint density at radius 3 is 2.58 bits per heavy atom. The van der Waals surface area contributed by atoms with Crippen molar-refractivity contribution in [2.75, 3.05) is 16.7 Å². The van der Waals surface area contributed by atoms with Crippen LogP contribution < -0.4 is 10.0 Å². The Morgan fingerprint density at radius 2 is 2.00 bits per heavy atom. The molecule has 1 amide bonds. The van der Waals surface area contributed by atoms with Gasteiger partial charge in [0.25, 0.3) is 0 Å². The summed E-state index contributed by atoms with van der Waals surface area (Å²) in [4.78, 5) is 15.8. The van der Waals surface area contributed by atoms with E-state index < -0.39 is 33.6 Å². The average molecular weight is 502 g/mol. The van der Waals surface area contributed by atoms with Crippen molar-refractivity contribution in [3.63, 3.8) is 0 Å². The summed E-state index contributed by atoms with van der Waals surface area (Å²) in [6, 6.07) is 4.41. The number of amides is 1. The largest absolute Gasteiger partial charge is 0.433 e. The zero-order valence-corrected chi connectivity index (χ0v) is 19.1. The van der Waals surface area contributed by atoms with Gasteiger partial charge in [-0.2, -0.15) is 13.2 Å². The molecule has 176 valence electrons. The second-order valence-corrected chi connectivity index (χ2v) is 9.59. The lowest BCUT2D eigenvalue weighted by Crippen LogP contribution is -2.21. The van der Waals surface area contributed by atoms with Gasteiger partial charge in [0.2, 0.25) is 15.9 Å². The monoisotopic (exact) mass is 501 g/mol. The predicted molar refractivity (Wildman–Crippen MR) is 119 cm³/mol. The first-order chi connectivity index (χ1) is 15.3. The molecule has 2 N–H and O–H groups in total. The third-order valence-corrected chi connectivity index (χ3v) is 5.40. The van der Waals surface area contributed by atoms with E-state index in [1.807, 2.05) is 4.72 Å². The van der Waals surface area contributed by atoms with Gasteiger partial charge in [0, 0.05) is 18.2 Å². The van der Waals surface area contributed by atoms with Gasteiger partial charge in [-0.3, -0.25) is 9.52 Å². The topological polar surface area (TPSA) is 88.2 Å². The summed E-state index contributed by atoms with van der Waals surface area (Å²) in [6.45, 7) is 1.63. The number of nitrogens with zero attached hydrogens (tertiary/aromatic N) is 1. The van der Waals surface area contributed by atoms with Crippen LogP contribution in [-0.2, 0) is 27.5 Å². The fraction of sp³-hybridized carbons (Fsp3) is 0.238. The van der Waals surface area contributed by atoms with Gasteiger partial charge >= 0.3 is 6.18 Å². The molecule has 2 aromatic rings. The fourth-order valence-electron chi connectivity index (χ4n) is 2.57. The maximum Gasteiger partial charge on any atom is 0.433 e. The Bertz CT molecular complexity index is 1220. The number of anilines is 1. The molecule has 0 bridgehead atoms. The van der Waals surface area contributed by atoms with Gasteiger partial charge in [0.1, 0.15) is 16.5 Å². The summed E-state index contributed by atoms with van der Waals surface area (Å²) in [5.74, 6) is 1.16. The smallest absolute Gasteiger partial charge is 0.348 e. The van der Waals surface area contributed by atoms with Crippen molar-refractivity contribution in [1.82, 2.24) is 10.3 Å². The van der Waals surface area contributed by atoms with E-state index >= 15 is 0 Å². The fourth-order valence-corrected chi connectivity index (χ4v) is 3.89. The minimum absolute atomic E-state index is 0.0442. The lowest BCUT2D eigenvalue weighted by Gasteiger charge is -2.11. The second kappa shape index (κ2) is 10.7. The van der Waals surface area contributed by atoms with Crippen LogP contribution in [0.15, 0.2) is 35.4 Å². The molecule has 0 atom stereocenters. The first-order valence-corrected chi connectivity index (χ1v) is 12.2. The average Bonchev–Trinajstić information content (AvgIpc) is 2.71. The first-order valence-electron chi connectivity index (χ1n) is 9.27. The molecule has 12 heteroatoms. The predicted octanol–water partition coefficient (Wildman–Crippen LogP) is 4.03. The molecular weight excluding hydrogens is 482 g/mol. The van der Waals surface area contributed by atoms with E-state index in [2.05, 4.69) is 16.2 Å². The van der Waals surface area contributed by atoms with Gasteiger partial charge in [-0.05, 0) is 35.6 Å². The van der Waals surface area contributed by atoms with Crippen molar-refractivity contribution in [1.29, 1.82) is 0 Å². The van der Waals surface area contributed by atoms with Crippen LogP contribution in [-0.4, -0.2) is 31.3 Å². The molecule has 0 fully saturated rings. The molecule has 0 aliphatic heterocycles. The molecule has 0 aliphatic rings. The van der Waals surface area contributed by atoms with Gasteiger partial charge in [0.05, 0.1) is 17.5 Å². The second-order valence-electron chi connectivity index (χ2n) is 6.59. The molecule has 1 aromatic carbocycles. The number of thioether (sulfide) groups is 1. The molecule has 1 heterocycles. The summed E-state index contributed by atoms with van der Waals surface area (Å²) in [5, 5.41) is 2.63. The number of carbonyl (C=O) groups is 1. The maximum absolute atomic E-state index is 14.3. The minimum atomic E-state index is -4.58. The lowest BCUT2D eigenvalue weighted by molar-refractivity contribution is -0.141. The number of benzene rings is 1. The Morgan fingerprint density at radius 1 is 1.30 bits per heavy atom. The summed E-state index contributed by atoms with van der Waals surface area (Å²) in [5.41, 5.74) is -0.829. The number of nitrogens with one attached hydrogen (secondary N) is 2. The van der Waals surface area contributed by atoms with Crippen LogP contribution in [0.4, 0.5) is 23.2 Å². The van der Waals surface area contributed by atoms with Crippen LogP contribution in [0.1, 0.15) is 29.3 Å². The van der Waals surface area contributed by atoms with E-state index in [4.69, 9.17) is 6.42 Å². The number of alkyl halides is 3. The molecule has 33 heavy (non-hydrogen) atoms. The maximum atomic E-state index is 14.3. The number of rotatable bonds is 8. The van der Waals surface area contributed by atoms with Gasteiger partial charge < -0.3 is 5.32 Å². The van der Waals surface area contributed by atoms with Crippen LogP contribution in [0, 0.1) is 18.2 Å². The van der Waals surface area contributed by atoms with Crippen molar-refractivity contribution >= 4 is 39.5 Å². The van der Waals surface area contributed by atoms with Crippen LogP contribution in [0.25, 0.3) is 6.08 Å². The number of hydrogen-bond acceptors (Lipinski definition) is 5. The molecule has 0 saturated carbocycles. The van der Waals surface area contributed by atoms with E-state index in [0.717, 1.165) is 36.2 Å². The Hall–Kier alpha value is -3.04. The van der Waals surface area contributed by atoms with Gasteiger partial charge in [-0.15, -0.1) is 18.2 Å². The number of pyridine rings is 1. The van der Waals surface area contributed by atoms with Crippen molar-refractivity contribution in [3.05, 3.63) is 58.5 Å². The van der Waals surface area contributed by atoms with Gasteiger partial charge in [0.15, 0.2) is 0 Å². The molecule has 6 nitrogen and oxygen atoms in total. The van der Waals surface area contributed by atoms with Crippen molar-refractivity contribution in [3.8, 4) is 12.3 Å². The lowest BCUT2D eigenvalue weighted by atomic mass is 10.1. The quantitative estimate of drug-likeness (QED) is 0.247. The molecule has 0 radical (unpaired) electrons. The zero-order valence-electron chi connectivity index (χ0n) is 17.5. The van der Waals surface area contributed by atoms with E-state index in [1.165, 1.54) is 18.2 Å². The normalized spacial score (nSPS) is 11.9. The van der Waals surface area contributed by atoms with Crippen molar-refractivity contribution in [2.45, 2.75) is 24.7 Å². The molecule has 0 unspecified atom stereocenters. The van der Waals surface area contributed by atoms with E-state index in [-0.39, 0.29) is 28.4 Å². The molecule has 0 aliphatic carbocycles. The van der Waals surface area contributed by atoms with Crippen molar-refractivity contribution in [2.24, 2.45) is 0 Å². The summed E-state index contributed by atoms with van der Waals surface area (Å²) < 4.78 is 77.7. The highest BCUT2D eigenvalue weighted by Crippen LogP contribution is 2.31. The molecule has 1 aromatic heterocycles. The van der Waals surface area contributed by atoms with E-state index in [1.54, 1.807) is 6.92 Å². The SMILES string of the molecule is C#Cc1cc(CNC(=O)C=Cc2ccc(C(F)(F)F)nc2SCC)cc(F)c1NS(C)(=O)=O. The molecule has 0 spiro atoms. The van der Waals surface area contributed by atoms with E-state index in [0.29, 0.717) is 11.3 Å². The van der Waals surface area contributed by atoms with Gasteiger partial charge in [-0.1, -0.05) is 18.9 Å². The number of hydrogen-bond donors (Lipinski definition) is 2. The highest BCUT2D eigenvalue weighted by molar-refractivity contribution is 7.99. The van der Waals surface area contributed by atoms with Crippen LogP contribution in [0.5, 0.6) is 0 Å². The summed E-state index contributed by atoms with van der Waals surface area (Å²) in [7, 11) is -3.76. The highest BCUT2D eigenvalue weighted by Gasteiger charge is 2.32. The Labute approximate surface area is 192 Å². The third kappa shape index (κ3) is 7.80. The van der Waals surface area contributed by atoms with E-state index in [9.17, 15) is 30.8 Å².